The normalized spacial score (nSPS) is 12.1. The quantitative estimate of drug-likeness (QED) is 0.546. The molecular formula is C23H30ClN3O5S. The molecule has 8 nitrogen and oxygen atoms in total. The number of benzene rings is 2. The van der Waals surface area contributed by atoms with Crippen LogP contribution in [0.25, 0.3) is 0 Å². The predicted molar refractivity (Wildman–Crippen MR) is 130 cm³/mol. The van der Waals surface area contributed by atoms with Gasteiger partial charge >= 0.3 is 0 Å². The van der Waals surface area contributed by atoms with Gasteiger partial charge in [-0.15, -0.1) is 0 Å². The molecule has 2 amide bonds. The Hall–Kier alpha value is -2.78. The van der Waals surface area contributed by atoms with Crippen LogP contribution in [0.4, 0.5) is 5.69 Å². The number of carbonyl (C=O) groups excluding carboxylic acids is 2. The number of ether oxygens (including phenoxy) is 1. The zero-order valence-corrected chi connectivity index (χ0v) is 21.0. The van der Waals surface area contributed by atoms with Crippen molar-refractivity contribution in [2.75, 3.05) is 30.8 Å². The predicted octanol–water partition coefficient (Wildman–Crippen LogP) is 2.98. The fraction of sp³-hybridized carbons (Fsp3) is 0.391. The van der Waals surface area contributed by atoms with Gasteiger partial charge in [-0.2, -0.15) is 0 Å². The number of amides is 2. The lowest BCUT2D eigenvalue weighted by Gasteiger charge is -2.31. The van der Waals surface area contributed by atoms with Crippen LogP contribution in [-0.4, -0.2) is 57.6 Å². The van der Waals surface area contributed by atoms with Gasteiger partial charge < -0.3 is 15.0 Å². The van der Waals surface area contributed by atoms with Crippen molar-refractivity contribution in [3.05, 3.63) is 58.6 Å². The van der Waals surface area contributed by atoms with Crippen molar-refractivity contribution in [2.45, 2.75) is 33.4 Å². The highest BCUT2D eigenvalue weighted by atomic mass is 35.5. The monoisotopic (exact) mass is 495 g/mol. The summed E-state index contributed by atoms with van der Waals surface area (Å²) in [5.41, 5.74) is 1.79. The number of hydrogen-bond donors (Lipinski definition) is 1. The number of likely N-dealkylation sites (N-methyl/N-ethyl adjacent to an activating group) is 1. The maximum atomic E-state index is 13.4. The molecule has 0 aliphatic carbocycles. The van der Waals surface area contributed by atoms with E-state index < -0.39 is 28.5 Å². The average Bonchev–Trinajstić information content (AvgIpc) is 2.76. The van der Waals surface area contributed by atoms with Gasteiger partial charge in [0.2, 0.25) is 21.8 Å². The van der Waals surface area contributed by atoms with Gasteiger partial charge in [-0.1, -0.05) is 29.8 Å². The topological polar surface area (TPSA) is 96.0 Å². The maximum absolute atomic E-state index is 13.4. The van der Waals surface area contributed by atoms with Crippen LogP contribution in [0.2, 0.25) is 5.02 Å². The third-order valence-electron chi connectivity index (χ3n) is 5.13. The number of nitrogens with one attached hydrogen (secondary N) is 1. The number of methoxy groups -OCH3 is 1. The van der Waals surface area contributed by atoms with Gasteiger partial charge in [-0.3, -0.25) is 13.9 Å². The summed E-state index contributed by atoms with van der Waals surface area (Å²) >= 11 is 6.19. The van der Waals surface area contributed by atoms with Crippen LogP contribution in [0.15, 0.2) is 42.5 Å². The molecule has 2 rings (SSSR count). The first-order valence-electron chi connectivity index (χ1n) is 10.4. The van der Waals surface area contributed by atoms with Gasteiger partial charge in [-0.05, 0) is 56.2 Å². The summed E-state index contributed by atoms with van der Waals surface area (Å²) in [5, 5.41) is 3.10. The average molecular weight is 496 g/mol. The molecule has 1 atom stereocenters. The molecule has 0 aliphatic rings. The second-order valence-corrected chi connectivity index (χ2v) is 9.96. The largest absolute Gasteiger partial charge is 0.497 e. The van der Waals surface area contributed by atoms with Gasteiger partial charge in [0.1, 0.15) is 18.3 Å². The molecule has 180 valence electrons. The Morgan fingerprint density at radius 2 is 1.88 bits per heavy atom. The van der Waals surface area contributed by atoms with Crippen molar-refractivity contribution in [2.24, 2.45) is 0 Å². The van der Waals surface area contributed by atoms with Crippen molar-refractivity contribution < 1.29 is 22.7 Å². The van der Waals surface area contributed by atoms with E-state index >= 15 is 0 Å². The minimum absolute atomic E-state index is 0.0978. The first kappa shape index (κ1) is 26.5. The summed E-state index contributed by atoms with van der Waals surface area (Å²) in [4.78, 5) is 27.3. The minimum Gasteiger partial charge on any atom is -0.497 e. The molecule has 0 heterocycles. The van der Waals surface area contributed by atoms with Crippen LogP contribution in [0.3, 0.4) is 0 Å². The van der Waals surface area contributed by atoms with Gasteiger partial charge in [-0.25, -0.2) is 8.42 Å². The van der Waals surface area contributed by atoms with Crippen molar-refractivity contribution in [3.63, 3.8) is 0 Å². The molecule has 0 radical (unpaired) electrons. The molecule has 1 N–H and O–H groups in total. The van der Waals surface area contributed by atoms with Crippen LogP contribution >= 0.6 is 11.6 Å². The molecule has 0 saturated carbocycles. The van der Waals surface area contributed by atoms with Gasteiger partial charge in [0.05, 0.1) is 19.1 Å². The molecule has 0 aromatic heterocycles. The number of halogens is 1. The van der Waals surface area contributed by atoms with Crippen LogP contribution in [0, 0.1) is 6.92 Å². The van der Waals surface area contributed by atoms with Crippen LogP contribution in [-0.2, 0) is 26.2 Å². The number of rotatable bonds is 10. The van der Waals surface area contributed by atoms with Crippen LogP contribution in [0.5, 0.6) is 5.75 Å². The van der Waals surface area contributed by atoms with Crippen molar-refractivity contribution in [3.8, 4) is 5.75 Å². The molecule has 0 fully saturated rings. The number of nitrogens with zero attached hydrogens (tertiary/aromatic N) is 2. The van der Waals surface area contributed by atoms with Crippen LogP contribution in [0.1, 0.15) is 25.0 Å². The Balaban J connectivity index is 2.41. The summed E-state index contributed by atoms with van der Waals surface area (Å²) in [6, 6.07) is 11.1. The van der Waals surface area contributed by atoms with Crippen LogP contribution < -0.4 is 14.4 Å². The Kier molecular flexibility index (Phi) is 9.13. The molecular weight excluding hydrogens is 466 g/mol. The summed E-state index contributed by atoms with van der Waals surface area (Å²) in [6.45, 7) is 5.21. The third kappa shape index (κ3) is 7.10. The van der Waals surface area contributed by atoms with Gasteiger partial charge in [0, 0.05) is 18.1 Å². The Morgan fingerprint density at radius 1 is 1.18 bits per heavy atom. The molecule has 0 aliphatic heterocycles. The fourth-order valence-corrected chi connectivity index (χ4v) is 4.24. The second-order valence-electron chi connectivity index (χ2n) is 7.65. The van der Waals surface area contributed by atoms with E-state index in [-0.39, 0.29) is 18.1 Å². The number of carbonyl (C=O) groups is 2. The lowest BCUT2D eigenvalue weighted by molar-refractivity contribution is -0.139. The summed E-state index contributed by atoms with van der Waals surface area (Å²) in [5.74, 6) is -0.255. The van der Waals surface area contributed by atoms with Gasteiger partial charge in [0.15, 0.2) is 0 Å². The summed E-state index contributed by atoms with van der Waals surface area (Å²) in [6.07, 6.45) is 1.02. The number of anilines is 1. The van der Waals surface area contributed by atoms with E-state index in [4.69, 9.17) is 16.3 Å². The van der Waals surface area contributed by atoms with E-state index in [9.17, 15) is 18.0 Å². The van der Waals surface area contributed by atoms with E-state index in [1.165, 1.54) is 18.1 Å². The highest BCUT2D eigenvalue weighted by molar-refractivity contribution is 7.92. The second kappa shape index (κ2) is 11.4. The first-order chi connectivity index (χ1) is 15.5. The standard InChI is InChI=1S/C23H30ClN3O5S/c1-6-25-23(29)17(3)26(14-18-8-7-9-20(12-18)32-4)22(28)15-27(33(5,30)31)19-11-10-16(2)21(24)13-19/h7-13,17H,6,14-15H2,1-5H3,(H,25,29)/t17-/m1/s1. The minimum atomic E-state index is -3.81. The van der Waals surface area contributed by atoms with E-state index in [2.05, 4.69) is 5.32 Å². The Morgan fingerprint density at radius 3 is 2.45 bits per heavy atom. The zero-order chi connectivity index (χ0) is 24.8. The van der Waals surface area contributed by atoms with E-state index in [0.29, 0.717) is 17.3 Å². The molecule has 0 saturated heterocycles. The summed E-state index contributed by atoms with van der Waals surface area (Å²) in [7, 11) is -2.27. The molecule has 10 heteroatoms. The molecule has 0 unspecified atom stereocenters. The fourth-order valence-electron chi connectivity index (χ4n) is 3.22. The maximum Gasteiger partial charge on any atom is 0.244 e. The lowest BCUT2D eigenvalue weighted by Crippen LogP contribution is -2.51. The molecule has 2 aromatic carbocycles. The SMILES string of the molecule is CCNC(=O)[C@@H](C)N(Cc1cccc(OC)c1)C(=O)CN(c1ccc(C)c(Cl)c1)S(C)(=O)=O. The van der Waals surface area contributed by atoms with Gasteiger partial charge in [0.25, 0.3) is 0 Å². The molecule has 0 bridgehead atoms. The van der Waals surface area contributed by atoms with Crippen molar-refractivity contribution in [1.82, 2.24) is 10.2 Å². The van der Waals surface area contributed by atoms with E-state index in [1.807, 2.05) is 0 Å². The molecule has 2 aromatic rings. The zero-order valence-electron chi connectivity index (χ0n) is 19.5. The van der Waals surface area contributed by atoms with E-state index in [1.54, 1.807) is 57.2 Å². The number of sulfonamides is 1. The lowest BCUT2D eigenvalue weighted by atomic mass is 10.1. The molecule has 0 spiro atoms. The first-order valence-corrected chi connectivity index (χ1v) is 12.6. The smallest absolute Gasteiger partial charge is 0.244 e. The summed E-state index contributed by atoms with van der Waals surface area (Å²) < 4.78 is 31.3. The number of aryl methyl sites for hydroxylation is 1. The number of hydrogen-bond acceptors (Lipinski definition) is 5. The van der Waals surface area contributed by atoms with E-state index in [0.717, 1.165) is 21.7 Å². The highest BCUT2D eigenvalue weighted by Crippen LogP contribution is 2.25. The third-order valence-corrected chi connectivity index (χ3v) is 6.68. The molecule has 33 heavy (non-hydrogen) atoms. The van der Waals surface area contributed by atoms with Crippen molar-refractivity contribution >= 4 is 39.1 Å². The Bertz CT molecular complexity index is 1110. The van der Waals surface area contributed by atoms with Crippen molar-refractivity contribution in [1.29, 1.82) is 0 Å². The highest BCUT2D eigenvalue weighted by Gasteiger charge is 2.30. The Labute approximate surface area is 200 Å².